The van der Waals surface area contributed by atoms with Gasteiger partial charge < -0.3 is 15.4 Å². The lowest BCUT2D eigenvalue weighted by Crippen LogP contribution is -2.47. The van der Waals surface area contributed by atoms with Gasteiger partial charge in [0.15, 0.2) is 0 Å². The average molecular weight is 374 g/mol. The molecule has 0 bridgehead atoms. The van der Waals surface area contributed by atoms with E-state index in [2.05, 4.69) is 47.7 Å². The van der Waals surface area contributed by atoms with Crippen LogP contribution in [0.2, 0.25) is 0 Å². The smallest absolute Gasteiger partial charge is 0.270 e. The molecule has 0 spiro atoms. The molecule has 0 atom stereocenters. The van der Waals surface area contributed by atoms with E-state index < -0.39 is 0 Å². The van der Waals surface area contributed by atoms with Gasteiger partial charge in [0.25, 0.3) is 5.91 Å². The van der Waals surface area contributed by atoms with E-state index in [9.17, 15) is 4.79 Å². The number of hydrogen-bond donors (Lipinski definition) is 2. The first-order valence-electron chi connectivity index (χ1n) is 9.04. The van der Waals surface area contributed by atoms with Crippen molar-refractivity contribution in [2.45, 2.75) is 26.7 Å². The number of aryl methyl sites for hydroxylation is 2. The topological polar surface area (TPSA) is 63.2 Å². The molecular weight excluding hydrogens is 346 g/mol. The summed E-state index contributed by atoms with van der Waals surface area (Å²) in [6.07, 6.45) is 2.01. The summed E-state index contributed by atoms with van der Waals surface area (Å²) in [5.41, 5.74) is 4.01. The van der Waals surface area contributed by atoms with Crippen molar-refractivity contribution < 1.29 is 9.53 Å². The van der Waals surface area contributed by atoms with E-state index >= 15 is 0 Å². The van der Waals surface area contributed by atoms with Gasteiger partial charge in [-0.3, -0.25) is 4.79 Å². The summed E-state index contributed by atoms with van der Waals surface area (Å²) in [6.45, 7) is 7.38. The van der Waals surface area contributed by atoms with E-state index in [1.165, 1.54) is 22.5 Å². The fourth-order valence-corrected chi connectivity index (χ4v) is 4.44. The minimum absolute atomic E-state index is 0.0159. The first-order chi connectivity index (χ1) is 12.5. The Morgan fingerprint density at radius 2 is 2.12 bits per heavy atom. The lowest BCUT2D eigenvalue weighted by Gasteiger charge is -2.37. The molecule has 2 heterocycles. The van der Waals surface area contributed by atoms with Gasteiger partial charge in [-0.25, -0.2) is 4.98 Å². The number of carbonyl (C=O) groups is 1. The first kappa shape index (κ1) is 19.0. The summed E-state index contributed by atoms with van der Waals surface area (Å²) in [5, 5.41) is 9.18. The van der Waals surface area contributed by atoms with Crippen LogP contribution in [0, 0.1) is 19.3 Å². The number of rotatable bonds is 6. The van der Waals surface area contributed by atoms with Crippen LogP contribution in [0.3, 0.4) is 0 Å². The molecule has 0 saturated carbocycles. The Kier molecular flexibility index (Phi) is 6.06. The van der Waals surface area contributed by atoms with Crippen LogP contribution in [0.1, 0.15) is 34.5 Å². The number of hydrogen-bond acceptors (Lipinski definition) is 5. The van der Waals surface area contributed by atoms with Gasteiger partial charge in [0.2, 0.25) is 0 Å². The Labute approximate surface area is 159 Å². The molecule has 1 amide bonds. The van der Waals surface area contributed by atoms with Crippen molar-refractivity contribution in [2.75, 3.05) is 33.4 Å². The van der Waals surface area contributed by atoms with Crippen LogP contribution in [0.5, 0.6) is 0 Å². The van der Waals surface area contributed by atoms with Crippen LogP contribution in [0.4, 0.5) is 0 Å². The summed E-state index contributed by atoms with van der Waals surface area (Å²) >= 11 is 1.52. The van der Waals surface area contributed by atoms with Gasteiger partial charge in [0.05, 0.1) is 6.61 Å². The summed E-state index contributed by atoms with van der Waals surface area (Å²) in [4.78, 5) is 17.2. The van der Waals surface area contributed by atoms with Crippen molar-refractivity contribution in [2.24, 2.45) is 5.41 Å². The van der Waals surface area contributed by atoms with Crippen molar-refractivity contribution >= 4 is 17.2 Å². The molecule has 2 aromatic rings. The van der Waals surface area contributed by atoms with Gasteiger partial charge in [-0.05, 0) is 45.3 Å². The number of aromatic nitrogens is 1. The number of nitrogens with one attached hydrogen (secondary N) is 2. The monoisotopic (exact) mass is 373 g/mol. The van der Waals surface area contributed by atoms with Gasteiger partial charge in [-0.1, -0.05) is 23.8 Å². The Balaban J connectivity index is 1.68. The van der Waals surface area contributed by atoms with Gasteiger partial charge in [0.1, 0.15) is 10.7 Å². The van der Waals surface area contributed by atoms with Crippen molar-refractivity contribution in [1.82, 2.24) is 15.6 Å². The van der Waals surface area contributed by atoms with Gasteiger partial charge >= 0.3 is 0 Å². The normalized spacial score (nSPS) is 16.4. The molecule has 140 valence electrons. The molecule has 1 aromatic carbocycles. The zero-order valence-electron chi connectivity index (χ0n) is 15.7. The second kappa shape index (κ2) is 8.29. The molecule has 26 heavy (non-hydrogen) atoms. The van der Waals surface area contributed by atoms with Gasteiger partial charge in [-0.15, -0.1) is 11.3 Å². The zero-order chi connectivity index (χ0) is 18.6. The highest BCUT2D eigenvalue weighted by Gasteiger charge is 2.32. The summed E-state index contributed by atoms with van der Waals surface area (Å²) in [5.74, 6) is -0.105. The standard InChI is InChI=1S/C20H27N3O2S/c1-14-4-5-16(15(2)10-14)19-23-17(11-26-19)18(24)22-12-20(13-25-3)6-8-21-9-7-20/h4-5,10-11,21H,6-9,12-13H2,1-3H3,(H,22,24). The number of ether oxygens (including phenoxy) is 1. The van der Waals surface area contributed by atoms with Crippen LogP contribution in [0.15, 0.2) is 23.6 Å². The number of carbonyl (C=O) groups excluding carboxylic acids is 1. The lowest BCUT2D eigenvalue weighted by molar-refractivity contribution is 0.0511. The highest BCUT2D eigenvalue weighted by atomic mass is 32.1. The fraction of sp³-hybridized carbons (Fsp3) is 0.500. The largest absolute Gasteiger partial charge is 0.384 e. The quantitative estimate of drug-likeness (QED) is 0.816. The van der Waals surface area contributed by atoms with E-state index in [0.717, 1.165) is 36.5 Å². The summed E-state index contributed by atoms with van der Waals surface area (Å²) in [6, 6.07) is 6.30. The molecular formula is C20H27N3O2S. The number of thiazole rings is 1. The van der Waals surface area contributed by atoms with E-state index in [1.54, 1.807) is 7.11 Å². The van der Waals surface area contributed by atoms with Crippen molar-refractivity contribution in [3.05, 3.63) is 40.4 Å². The molecule has 1 aromatic heterocycles. The molecule has 1 aliphatic rings. The SMILES string of the molecule is COCC1(CNC(=O)c2csc(-c3ccc(C)cc3C)n2)CCNCC1. The van der Waals surface area contributed by atoms with Crippen molar-refractivity contribution in [3.8, 4) is 10.6 Å². The highest BCUT2D eigenvalue weighted by Crippen LogP contribution is 2.29. The van der Waals surface area contributed by atoms with E-state index in [-0.39, 0.29) is 11.3 Å². The Morgan fingerprint density at radius 3 is 2.81 bits per heavy atom. The number of amides is 1. The van der Waals surface area contributed by atoms with Gasteiger partial charge in [0, 0.05) is 30.0 Å². The first-order valence-corrected chi connectivity index (χ1v) is 9.92. The molecule has 0 unspecified atom stereocenters. The molecule has 0 aliphatic carbocycles. The van der Waals surface area contributed by atoms with E-state index in [0.29, 0.717) is 18.8 Å². The third kappa shape index (κ3) is 4.31. The predicted octanol–water partition coefficient (Wildman–Crippen LogP) is 3.17. The van der Waals surface area contributed by atoms with E-state index in [4.69, 9.17) is 4.74 Å². The highest BCUT2D eigenvalue weighted by molar-refractivity contribution is 7.13. The Bertz CT molecular complexity index is 761. The minimum atomic E-state index is -0.105. The second-order valence-electron chi connectivity index (χ2n) is 7.22. The number of nitrogens with zero attached hydrogens (tertiary/aromatic N) is 1. The predicted molar refractivity (Wildman–Crippen MR) is 106 cm³/mol. The average Bonchev–Trinajstić information content (AvgIpc) is 3.11. The molecule has 1 aliphatic heterocycles. The molecule has 5 nitrogen and oxygen atoms in total. The maximum atomic E-state index is 12.6. The third-order valence-electron chi connectivity index (χ3n) is 5.09. The molecule has 6 heteroatoms. The summed E-state index contributed by atoms with van der Waals surface area (Å²) < 4.78 is 5.41. The fourth-order valence-electron chi connectivity index (χ4n) is 3.55. The number of benzene rings is 1. The van der Waals surface area contributed by atoms with Crippen molar-refractivity contribution in [1.29, 1.82) is 0 Å². The molecule has 0 radical (unpaired) electrons. The maximum absolute atomic E-state index is 12.6. The zero-order valence-corrected chi connectivity index (χ0v) is 16.5. The number of piperidine rings is 1. The van der Waals surface area contributed by atoms with Crippen molar-refractivity contribution in [3.63, 3.8) is 0 Å². The minimum Gasteiger partial charge on any atom is -0.384 e. The summed E-state index contributed by atoms with van der Waals surface area (Å²) in [7, 11) is 1.72. The molecule has 2 N–H and O–H groups in total. The Hall–Kier alpha value is -1.76. The second-order valence-corrected chi connectivity index (χ2v) is 8.08. The Morgan fingerprint density at radius 1 is 1.35 bits per heavy atom. The number of methoxy groups -OCH3 is 1. The van der Waals surface area contributed by atoms with E-state index in [1.807, 2.05) is 5.38 Å². The maximum Gasteiger partial charge on any atom is 0.270 e. The van der Waals surface area contributed by atoms with Gasteiger partial charge in [-0.2, -0.15) is 0 Å². The van der Waals surface area contributed by atoms with Crippen LogP contribution in [0.25, 0.3) is 10.6 Å². The molecule has 1 saturated heterocycles. The van der Waals surface area contributed by atoms with Crippen LogP contribution in [-0.4, -0.2) is 44.2 Å². The molecule has 1 fully saturated rings. The lowest BCUT2D eigenvalue weighted by atomic mass is 9.79. The third-order valence-corrected chi connectivity index (χ3v) is 5.96. The molecule has 3 rings (SSSR count). The van der Waals surface area contributed by atoms with Crippen LogP contribution < -0.4 is 10.6 Å². The van der Waals surface area contributed by atoms with Crippen LogP contribution >= 0.6 is 11.3 Å². The van der Waals surface area contributed by atoms with Crippen LogP contribution in [-0.2, 0) is 4.74 Å².